The van der Waals surface area contributed by atoms with Gasteiger partial charge < -0.3 is 24.1 Å². The van der Waals surface area contributed by atoms with Gasteiger partial charge in [-0.2, -0.15) is 0 Å². The Bertz CT molecular complexity index is 1050. The second-order valence-electron chi connectivity index (χ2n) is 7.47. The van der Waals surface area contributed by atoms with Gasteiger partial charge >= 0.3 is 0 Å². The predicted octanol–water partition coefficient (Wildman–Crippen LogP) is 4.22. The first-order valence-electron chi connectivity index (χ1n) is 10.1. The molecule has 1 fully saturated rings. The minimum atomic E-state index is -0.349. The highest BCUT2D eigenvalue weighted by Gasteiger charge is 2.25. The van der Waals surface area contributed by atoms with Gasteiger partial charge in [0.25, 0.3) is 5.91 Å². The summed E-state index contributed by atoms with van der Waals surface area (Å²) in [5.74, 6) is 0.469. The van der Waals surface area contributed by atoms with Crippen molar-refractivity contribution in [3.63, 3.8) is 0 Å². The lowest BCUT2D eigenvalue weighted by Gasteiger charge is -2.30. The van der Waals surface area contributed by atoms with Gasteiger partial charge in [-0.3, -0.25) is 4.79 Å². The summed E-state index contributed by atoms with van der Waals surface area (Å²) in [6.45, 7) is 6.70. The largest absolute Gasteiger partial charge is 0.489 e. The van der Waals surface area contributed by atoms with Crippen LogP contribution in [0.1, 0.15) is 24.2 Å². The average Bonchev–Trinajstić information content (AvgIpc) is 3.11. The van der Waals surface area contributed by atoms with Crippen LogP contribution in [0.5, 0.6) is 5.75 Å². The molecule has 1 aromatic heterocycles. The quantitative estimate of drug-likeness (QED) is 0.680. The molecule has 30 heavy (non-hydrogen) atoms. The van der Waals surface area contributed by atoms with Gasteiger partial charge in [-0.1, -0.05) is 0 Å². The number of amides is 1. The van der Waals surface area contributed by atoms with Crippen LogP contribution in [0.4, 0.5) is 10.1 Å². The van der Waals surface area contributed by atoms with Crippen LogP contribution in [0, 0.1) is 5.82 Å². The molecule has 1 N–H and O–H groups in total. The van der Waals surface area contributed by atoms with Crippen LogP contribution in [0.25, 0.3) is 22.3 Å². The third-order valence-corrected chi connectivity index (χ3v) is 5.04. The first-order chi connectivity index (χ1) is 14.5. The van der Waals surface area contributed by atoms with Crippen molar-refractivity contribution in [2.24, 2.45) is 0 Å². The summed E-state index contributed by atoms with van der Waals surface area (Å²) >= 11 is 0. The first-order valence-corrected chi connectivity index (χ1v) is 10.1. The molecule has 0 aliphatic carbocycles. The zero-order valence-corrected chi connectivity index (χ0v) is 17.3. The number of anilines is 1. The maximum Gasteiger partial charge on any atom is 0.255 e. The number of morpholine rings is 1. The summed E-state index contributed by atoms with van der Waals surface area (Å²) in [4.78, 5) is 15.0. The number of benzene rings is 2. The number of rotatable bonds is 5. The van der Waals surface area contributed by atoms with E-state index >= 15 is 0 Å². The van der Waals surface area contributed by atoms with Gasteiger partial charge in [0, 0.05) is 37.2 Å². The van der Waals surface area contributed by atoms with Crippen LogP contribution in [0.3, 0.4) is 0 Å². The summed E-state index contributed by atoms with van der Waals surface area (Å²) in [5, 5.41) is 3.33. The summed E-state index contributed by atoms with van der Waals surface area (Å²) in [6.07, 6.45) is -0.0332. The molecular formula is C23H25FN2O4. The third kappa shape index (κ3) is 3.85. The lowest BCUT2D eigenvalue weighted by Crippen LogP contribution is -2.36. The number of nitrogens with zero attached hydrogens (tertiary/aromatic N) is 1. The Morgan fingerprint density at radius 1 is 1.17 bits per heavy atom. The molecule has 158 valence electrons. The Kier molecular flexibility index (Phi) is 5.63. The number of halogens is 1. The third-order valence-electron chi connectivity index (χ3n) is 5.04. The van der Waals surface area contributed by atoms with E-state index in [-0.39, 0.29) is 17.8 Å². The van der Waals surface area contributed by atoms with E-state index in [0.717, 1.165) is 18.8 Å². The number of nitrogens with one attached hydrogen (secondary N) is 1. The second kappa shape index (κ2) is 8.36. The minimum Gasteiger partial charge on any atom is -0.489 e. The van der Waals surface area contributed by atoms with Crippen LogP contribution in [0.15, 0.2) is 40.8 Å². The maximum absolute atomic E-state index is 13.4. The molecule has 0 saturated carbocycles. The zero-order chi connectivity index (χ0) is 21.3. The van der Waals surface area contributed by atoms with Gasteiger partial charge in [0.05, 0.1) is 30.6 Å². The number of ether oxygens (including phenoxy) is 2. The predicted molar refractivity (Wildman–Crippen MR) is 114 cm³/mol. The van der Waals surface area contributed by atoms with Crippen molar-refractivity contribution in [1.29, 1.82) is 0 Å². The van der Waals surface area contributed by atoms with Gasteiger partial charge in [0.1, 0.15) is 22.9 Å². The highest BCUT2D eigenvalue weighted by molar-refractivity contribution is 6.12. The molecule has 0 spiro atoms. The van der Waals surface area contributed by atoms with Crippen molar-refractivity contribution < 1.29 is 23.1 Å². The highest BCUT2D eigenvalue weighted by Crippen LogP contribution is 2.41. The zero-order valence-electron chi connectivity index (χ0n) is 17.3. The van der Waals surface area contributed by atoms with E-state index in [9.17, 15) is 9.18 Å². The molecule has 1 aliphatic rings. The molecular weight excluding hydrogens is 387 g/mol. The second-order valence-corrected chi connectivity index (χ2v) is 7.47. The minimum absolute atomic E-state index is 0.0332. The lowest BCUT2D eigenvalue weighted by atomic mass is 10.0. The number of hydrogen-bond donors (Lipinski definition) is 1. The molecule has 0 unspecified atom stereocenters. The lowest BCUT2D eigenvalue weighted by molar-refractivity contribution is 0.0964. The molecule has 3 aromatic rings. The van der Waals surface area contributed by atoms with Crippen LogP contribution in [-0.2, 0) is 4.74 Å². The van der Waals surface area contributed by atoms with Crippen LogP contribution < -0.4 is 15.0 Å². The van der Waals surface area contributed by atoms with Crippen molar-refractivity contribution in [2.75, 3.05) is 38.3 Å². The Morgan fingerprint density at radius 2 is 1.87 bits per heavy atom. The SMILES string of the molecule is CNC(=O)c1c(-c2ccc(F)cc2)oc2cc(N3CCOCC3)c(OC(C)C)cc12. The standard InChI is InChI=1S/C23H25FN2O4/c1-14(2)29-20-12-17-19(13-18(20)26-8-10-28-11-9-26)30-22(21(17)23(27)25-3)15-4-6-16(24)7-5-15/h4-7,12-14H,8-11H2,1-3H3,(H,25,27). The van der Waals surface area contributed by atoms with Gasteiger partial charge in [-0.15, -0.1) is 0 Å². The Balaban J connectivity index is 1.93. The fourth-order valence-corrected chi connectivity index (χ4v) is 3.67. The number of carbonyl (C=O) groups excluding carboxylic acids is 1. The fourth-order valence-electron chi connectivity index (χ4n) is 3.67. The van der Waals surface area contributed by atoms with Gasteiger partial charge in [0.2, 0.25) is 0 Å². The van der Waals surface area contributed by atoms with Crippen molar-refractivity contribution in [3.05, 3.63) is 47.8 Å². The fraction of sp³-hybridized carbons (Fsp3) is 0.348. The normalized spacial score (nSPS) is 14.4. The van der Waals surface area contributed by atoms with E-state index in [0.29, 0.717) is 46.8 Å². The number of carbonyl (C=O) groups is 1. The molecule has 7 heteroatoms. The van der Waals surface area contributed by atoms with E-state index in [1.54, 1.807) is 19.2 Å². The molecule has 0 atom stereocenters. The Labute approximate surface area is 174 Å². The van der Waals surface area contributed by atoms with Crippen molar-refractivity contribution >= 4 is 22.6 Å². The van der Waals surface area contributed by atoms with E-state index in [2.05, 4.69) is 10.2 Å². The van der Waals surface area contributed by atoms with E-state index in [1.165, 1.54) is 12.1 Å². The van der Waals surface area contributed by atoms with Crippen LogP contribution in [0.2, 0.25) is 0 Å². The topological polar surface area (TPSA) is 63.9 Å². The number of hydrogen-bond acceptors (Lipinski definition) is 5. The van der Waals surface area contributed by atoms with Crippen molar-refractivity contribution in [1.82, 2.24) is 5.32 Å². The van der Waals surface area contributed by atoms with Gasteiger partial charge in [-0.05, 0) is 44.2 Å². The maximum atomic E-state index is 13.4. The Morgan fingerprint density at radius 3 is 2.50 bits per heavy atom. The molecule has 4 rings (SSSR count). The van der Waals surface area contributed by atoms with E-state index < -0.39 is 0 Å². The smallest absolute Gasteiger partial charge is 0.255 e. The molecule has 1 saturated heterocycles. The molecule has 0 radical (unpaired) electrons. The van der Waals surface area contributed by atoms with Gasteiger partial charge in [-0.25, -0.2) is 4.39 Å². The molecule has 1 aliphatic heterocycles. The molecule has 0 bridgehead atoms. The molecule has 1 amide bonds. The summed E-state index contributed by atoms with van der Waals surface area (Å²) < 4.78 is 31.1. The Hall–Kier alpha value is -3.06. The van der Waals surface area contributed by atoms with Crippen LogP contribution in [-0.4, -0.2) is 45.4 Å². The molecule has 6 nitrogen and oxygen atoms in total. The monoisotopic (exact) mass is 412 g/mol. The summed E-state index contributed by atoms with van der Waals surface area (Å²) in [6, 6.07) is 9.69. The first kappa shape index (κ1) is 20.2. The van der Waals surface area contributed by atoms with Crippen molar-refractivity contribution in [2.45, 2.75) is 20.0 Å². The summed E-state index contributed by atoms with van der Waals surface area (Å²) in [7, 11) is 1.57. The number of fused-ring (bicyclic) bond motifs is 1. The molecule has 2 heterocycles. The number of furan rings is 1. The summed E-state index contributed by atoms with van der Waals surface area (Å²) in [5.41, 5.74) is 2.51. The van der Waals surface area contributed by atoms with E-state index in [1.807, 2.05) is 26.0 Å². The average molecular weight is 412 g/mol. The highest BCUT2D eigenvalue weighted by atomic mass is 19.1. The van der Waals surface area contributed by atoms with Crippen LogP contribution >= 0.6 is 0 Å². The van der Waals surface area contributed by atoms with Gasteiger partial charge in [0.15, 0.2) is 0 Å². The van der Waals surface area contributed by atoms with Crippen molar-refractivity contribution in [3.8, 4) is 17.1 Å². The molecule has 2 aromatic carbocycles. The van der Waals surface area contributed by atoms with E-state index in [4.69, 9.17) is 13.9 Å².